The normalized spacial score (nSPS) is 17.5. The molecule has 6 heteroatoms. The maximum atomic E-state index is 13.3. The van der Waals surface area contributed by atoms with E-state index >= 15 is 0 Å². The Morgan fingerprint density at radius 3 is 2.39 bits per heavy atom. The summed E-state index contributed by atoms with van der Waals surface area (Å²) >= 11 is 0. The number of ketones is 1. The standard InChI is InChI=1S/C30H32N2O4/c1-6-36-24-14-11-22(16-19(24)2)27(33)25-26(21-9-12-23(13-10-21)30(3,4)5)32(29(35)28(25)34)18-20-8-7-15-31-17-20/h7-17,26,33H,6,18H2,1-5H3/t26-/m0/s1. The molecule has 0 radical (unpaired) electrons. The second-order valence-corrected chi connectivity index (χ2v) is 10.1. The van der Waals surface area contributed by atoms with E-state index in [1.54, 1.807) is 36.7 Å². The van der Waals surface area contributed by atoms with E-state index in [0.717, 1.165) is 22.3 Å². The smallest absolute Gasteiger partial charge is 0.295 e. The molecule has 1 fully saturated rings. The van der Waals surface area contributed by atoms with Crippen LogP contribution in [0.3, 0.4) is 0 Å². The molecular weight excluding hydrogens is 452 g/mol. The van der Waals surface area contributed by atoms with Crippen molar-refractivity contribution in [2.24, 2.45) is 0 Å². The van der Waals surface area contributed by atoms with E-state index in [-0.39, 0.29) is 23.3 Å². The monoisotopic (exact) mass is 484 g/mol. The number of hydrogen-bond acceptors (Lipinski definition) is 5. The first-order valence-electron chi connectivity index (χ1n) is 12.1. The van der Waals surface area contributed by atoms with Crippen molar-refractivity contribution >= 4 is 17.4 Å². The molecule has 1 N–H and O–H groups in total. The number of pyridine rings is 1. The summed E-state index contributed by atoms with van der Waals surface area (Å²) in [4.78, 5) is 32.3. The quantitative estimate of drug-likeness (QED) is 0.275. The van der Waals surface area contributed by atoms with Crippen molar-refractivity contribution in [2.45, 2.75) is 52.6 Å². The van der Waals surface area contributed by atoms with E-state index < -0.39 is 17.7 Å². The molecule has 0 unspecified atom stereocenters. The number of ether oxygens (including phenoxy) is 1. The summed E-state index contributed by atoms with van der Waals surface area (Å²) in [5, 5.41) is 11.4. The number of aryl methyl sites for hydroxylation is 1. The SMILES string of the molecule is CCOc1ccc(C(O)=C2C(=O)C(=O)N(Cc3cccnc3)[C@H]2c2ccc(C(C)(C)C)cc2)cc1C. The van der Waals surface area contributed by atoms with Gasteiger partial charge in [-0.2, -0.15) is 0 Å². The number of benzene rings is 2. The fourth-order valence-electron chi connectivity index (χ4n) is 4.51. The van der Waals surface area contributed by atoms with Crippen molar-refractivity contribution in [3.63, 3.8) is 0 Å². The van der Waals surface area contributed by atoms with Crippen LogP contribution in [0.5, 0.6) is 5.75 Å². The lowest BCUT2D eigenvalue weighted by molar-refractivity contribution is -0.140. The molecule has 6 nitrogen and oxygen atoms in total. The van der Waals surface area contributed by atoms with Gasteiger partial charge in [0.25, 0.3) is 11.7 Å². The molecule has 186 valence electrons. The Morgan fingerprint density at radius 2 is 1.81 bits per heavy atom. The molecule has 0 saturated carbocycles. The lowest BCUT2D eigenvalue weighted by Crippen LogP contribution is -2.29. The van der Waals surface area contributed by atoms with Crippen molar-refractivity contribution in [2.75, 3.05) is 6.61 Å². The number of rotatable bonds is 6. The summed E-state index contributed by atoms with van der Waals surface area (Å²) in [5.74, 6) is -0.834. The van der Waals surface area contributed by atoms with E-state index in [2.05, 4.69) is 25.8 Å². The largest absolute Gasteiger partial charge is 0.507 e. The van der Waals surface area contributed by atoms with Gasteiger partial charge in [0.15, 0.2) is 0 Å². The van der Waals surface area contributed by atoms with Crippen LogP contribution in [-0.4, -0.2) is 33.3 Å². The highest BCUT2D eigenvalue weighted by molar-refractivity contribution is 6.46. The van der Waals surface area contributed by atoms with Crippen LogP contribution in [0.15, 0.2) is 72.6 Å². The first-order chi connectivity index (χ1) is 17.1. The minimum absolute atomic E-state index is 0.0458. The summed E-state index contributed by atoms with van der Waals surface area (Å²) in [6.07, 6.45) is 3.34. The van der Waals surface area contributed by atoms with Crippen molar-refractivity contribution in [1.82, 2.24) is 9.88 Å². The Balaban J connectivity index is 1.84. The van der Waals surface area contributed by atoms with Crippen LogP contribution in [0.25, 0.3) is 5.76 Å². The molecule has 1 saturated heterocycles. The summed E-state index contributed by atoms with van der Waals surface area (Å²) in [7, 11) is 0. The van der Waals surface area contributed by atoms with Crippen LogP contribution in [0.1, 0.15) is 61.6 Å². The molecule has 1 amide bonds. The predicted molar refractivity (Wildman–Crippen MR) is 140 cm³/mol. The topological polar surface area (TPSA) is 79.7 Å². The van der Waals surface area contributed by atoms with Gasteiger partial charge in [0.1, 0.15) is 11.5 Å². The van der Waals surface area contributed by atoms with Gasteiger partial charge >= 0.3 is 0 Å². The van der Waals surface area contributed by atoms with E-state index in [9.17, 15) is 14.7 Å². The van der Waals surface area contributed by atoms with Crippen LogP contribution >= 0.6 is 0 Å². The first kappa shape index (κ1) is 25.2. The number of nitrogens with zero attached hydrogens (tertiary/aromatic N) is 2. The molecule has 3 aromatic rings. The second kappa shape index (κ2) is 9.97. The number of carbonyl (C=O) groups is 2. The number of aliphatic hydroxyl groups is 1. The molecule has 2 aromatic carbocycles. The maximum Gasteiger partial charge on any atom is 0.295 e. The summed E-state index contributed by atoms with van der Waals surface area (Å²) in [6, 6.07) is 16.1. The van der Waals surface area contributed by atoms with Crippen LogP contribution in [-0.2, 0) is 21.5 Å². The average Bonchev–Trinajstić information content (AvgIpc) is 3.10. The Kier molecular flexibility index (Phi) is 6.97. The van der Waals surface area contributed by atoms with Crippen molar-refractivity contribution in [1.29, 1.82) is 0 Å². The third-order valence-corrected chi connectivity index (χ3v) is 6.46. The zero-order valence-corrected chi connectivity index (χ0v) is 21.4. The third-order valence-electron chi connectivity index (χ3n) is 6.46. The van der Waals surface area contributed by atoms with Crippen molar-refractivity contribution < 1.29 is 19.4 Å². The number of Topliss-reactive ketones (excluding diaryl/α,β-unsaturated/α-hetero) is 1. The van der Waals surface area contributed by atoms with Crippen LogP contribution in [0, 0.1) is 6.92 Å². The van der Waals surface area contributed by atoms with Crippen molar-refractivity contribution in [3.05, 3.63) is 100 Å². The van der Waals surface area contributed by atoms with Gasteiger partial charge in [-0.3, -0.25) is 14.6 Å². The van der Waals surface area contributed by atoms with Gasteiger partial charge in [-0.25, -0.2) is 0 Å². The Hall–Kier alpha value is -3.93. The lowest BCUT2D eigenvalue weighted by Gasteiger charge is -2.26. The van der Waals surface area contributed by atoms with Crippen LogP contribution in [0.2, 0.25) is 0 Å². The van der Waals surface area contributed by atoms with E-state index in [1.165, 1.54) is 4.90 Å². The van der Waals surface area contributed by atoms with E-state index in [0.29, 0.717) is 17.9 Å². The molecule has 1 atom stereocenters. The first-order valence-corrected chi connectivity index (χ1v) is 12.1. The molecule has 1 aliphatic heterocycles. The third kappa shape index (κ3) is 4.89. The van der Waals surface area contributed by atoms with E-state index in [4.69, 9.17) is 4.74 Å². The summed E-state index contributed by atoms with van der Waals surface area (Å²) in [5.41, 5.74) is 4.02. The summed E-state index contributed by atoms with van der Waals surface area (Å²) in [6.45, 7) is 10.9. The Morgan fingerprint density at radius 1 is 1.08 bits per heavy atom. The zero-order valence-electron chi connectivity index (χ0n) is 21.4. The fourth-order valence-corrected chi connectivity index (χ4v) is 4.51. The average molecular weight is 485 g/mol. The van der Waals surface area contributed by atoms with Gasteiger partial charge in [-0.05, 0) is 65.8 Å². The van der Waals surface area contributed by atoms with Gasteiger partial charge in [0, 0.05) is 24.5 Å². The molecule has 1 aliphatic rings. The number of aromatic nitrogens is 1. The van der Waals surface area contributed by atoms with Crippen LogP contribution < -0.4 is 4.74 Å². The minimum atomic E-state index is -0.730. The highest BCUT2D eigenvalue weighted by Crippen LogP contribution is 2.41. The Labute approximate surface area is 212 Å². The lowest BCUT2D eigenvalue weighted by atomic mass is 9.85. The Bertz CT molecular complexity index is 1310. The van der Waals surface area contributed by atoms with E-state index in [1.807, 2.05) is 44.2 Å². The molecular formula is C30H32N2O4. The highest BCUT2D eigenvalue weighted by atomic mass is 16.5. The van der Waals surface area contributed by atoms with Gasteiger partial charge in [-0.15, -0.1) is 0 Å². The zero-order chi connectivity index (χ0) is 26.0. The van der Waals surface area contributed by atoms with Gasteiger partial charge < -0.3 is 14.7 Å². The van der Waals surface area contributed by atoms with Gasteiger partial charge in [-0.1, -0.05) is 51.1 Å². The van der Waals surface area contributed by atoms with Gasteiger partial charge in [0.2, 0.25) is 0 Å². The fraction of sp³-hybridized carbons (Fsp3) is 0.300. The summed E-state index contributed by atoms with van der Waals surface area (Å²) < 4.78 is 5.61. The molecule has 36 heavy (non-hydrogen) atoms. The highest BCUT2D eigenvalue weighted by Gasteiger charge is 2.46. The molecule has 2 heterocycles. The number of amides is 1. The molecule has 0 aliphatic carbocycles. The van der Waals surface area contributed by atoms with Crippen LogP contribution in [0.4, 0.5) is 0 Å². The minimum Gasteiger partial charge on any atom is -0.507 e. The number of aliphatic hydroxyl groups excluding tert-OH is 1. The van der Waals surface area contributed by atoms with Gasteiger partial charge in [0.05, 0.1) is 18.2 Å². The second-order valence-electron chi connectivity index (χ2n) is 10.1. The predicted octanol–water partition coefficient (Wildman–Crippen LogP) is 5.71. The molecule has 4 rings (SSSR count). The maximum absolute atomic E-state index is 13.3. The van der Waals surface area contributed by atoms with Crippen molar-refractivity contribution in [3.8, 4) is 5.75 Å². The molecule has 0 bridgehead atoms. The number of carbonyl (C=O) groups excluding carboxylic acids is 2. The number of likely N-dealkylation sites (tertiary alicyclic amines) is 1. The molecule has 1 aromatic heterocycles. The number of hydrogen-bond donors (Lipinski definition) is 1. The molecule has 0 spiro atoms.